The van der Waals surface area contributed by atoms with E-state index in [0.717, 1.165) is 66.6 Å². The Balaban J connectivity index is 1.10. The fourth-order valence-electron chi connectivity index (χ4n) is 7.61. The van der Waals surface area contributed by atoms with Crippen LogP contribution in [0.3, 0.4) is 0 Å². The zero-order chi connectivity index (χ0) is 32.7. The molecule has 2 atom stereocenters. The smallest absolute Gasteiger partial charge is 0.410 e. The number of nitrogens with one attached hydrogen (secondary N) is 1. The number of amides is 1. The van der Waals surface area contributed by atoms with Gasteiger partial charge >= 0.3 is 6.09 Å². The van der Waals surface area contributed by atoms with Crippen LogP contribution in [-0.2, 0) is 18.4 Å². The molecule has 2 saturated heterocycles. The number of likely N-dealkylation sites (tertiary alicyclic amines) is 1. The van der Waals surface area contributed by atoms with E-state index in [4.69, 9.17) is 14.6 Å². The van der Waals surface area contributed by atoms with Crippen molar-refractivity contribution in [3.05, 3.63) is 88.2 Å². The molecule has 0 radical (unpaired) electrons. The zero-order valence-corrected chi connectivity index (χ0v) is 27.9. The summed E-state index contributed by atoms with van der Waals surface area (Å²) in [6.45, 7) is 8.73. The number of fused-ring (bicyclic) bond motifs is 3. The fourth-order valence-corrected chi connectivity index (χ4v) is 7.61. The molecule has 5 heterocycles. The molecule has 0 unspecified atom stereocenters. The van der Waals surface area contributed by atoms with Crippen LogP contribution in [0, 0.1) is 5.92 Å². The molecule has 4 aromatic rings. The minimum Gasteiger partial charge on any atom is -0.474 e. The maximum atomic E-state index is 12.6. The number of hydrogen-bond acceptors (Lipinski definition) is 6. The van der Waals surface area contributed by atoms with Crippen LogP contribution in [0.15, 0.2) is 71.5 Å². The number of carbonyl (C=O) groups excluding carboxylic acids is 1. The van der Waals surface area contributed by atoms with E-state index in [9.17, 15) is 9.59 Å². The van der Waals surface area contributed by atoms with Crippen LogP contribution in [0.25, 0.3) is 27.7 Å². The molecule has 1 amide bonds. The molecule has 246 valence electrons. The lowest BCUT2D eigenvalue weighted by molar-refractivity contribution is 0.0162. The van der Waals surface area contributed by atoms with Gasteiger partial charge in [0.25, 0.3) is 5.56 Å². The number of ether oxygens (including phenoxy) is 2. The Labute approximate surface area is 276 Å². The van der Waals surface area contributed by atoms with Crippen LogP contribution in [0.4, 0.5) is 4.79 Å². The normalized spacial score (nSPS) is 20.4. The van der Waals surface area contributed by atoms with Crippen LogP contribution in [0.1, 0.15) is 64.0 Å². The molecular formula is C38H45N5O4. The van der Waals surface area contributed by atoms with E-state index in [1.165, 1.54) is 30.0 Å². The summed E-state index contributed by atoms with van der Waals surface area (Å²) in [7, 11) is 2.00. The van der Waals surface area contributed by atoms with E-state index in [2.05, 4.69) is 34.2 Å². The number of rotatable bonds is 7. The first-order valence-corrected chi connectivity index (χ1v) is 16.9. The molecule has 3 aliphatic heterocycles. The molecule has 47 heavy (non-hydrogen) atoms. The zero-order valence-electron chi connectivity index (χ0n) is 27.9. The number of nitrogens with zero attached hydrogens (tertiary/aromatic N) is 4. The number of piperidine rings is 1. The van der Waals surface area contributed by atoms with Crippen LogP contribution >= 0.6 is 0 Å². The molecule has 9 heteroatoms. The molecule has 7 rings (SSSR count). The molecule has 0 spiro atoms. The molecule has 2 bridgehead atoms. The number of benzene rings is 2. The topological polar surface area (TPSA) is 92.7 Å². The first-order chi connectivity index (χ1) is 22.6. The lowest BCUT2D eigenvalue weighted by Gasteiger charge is -2.39. The molecule has 2 fully saturated rings. The summed E-state index contributed by atoms with van der Waals surface area (Å²) in [6, 6.07) is 20.7. The third-order valence-electron chi connectivity index (χ3n) is 9.85. The van der Waals surface area contributed by atoms with Crippen molar-refractivity contribution in [2.75, 3.05) is 19.6 Å². The van der Waals surface area contributed by atoms with Crippen molar-refractivity contribution >= 4 is 22.6 Å². The Hall–Kier alpha value is -4.37. The van der Waals surface area contributed by atoms with Crippen molar-refractivity contribution in [2.24, 2.45) is 13.0 Å². The minimum absolute atomic E-state index is 0.189. The number of aryl methyl sites for hydroxylation is 1. The van der Waals surface area contributed by atoms with Gasteiger partial charge < -0.3 is 14.4 Å². The van der Waals surface area contributed by atoms with Crippen molar-refractivity contribution in [1.82, 2.24) is 24.6 Å². The second kappa shape index (κ2) is 12.7. The SMILES string of the molecule is Cn1nc(-c2ccc(=O)[nH]c2OCc2ccccc2)c2cccc(C3=C[C@@H]4CC[C@H](C3)N4CC3CCN(C(=O)OC(C)(C)C)CC3)c21. The Morgan fingerprint density at radius 2 is 1.74 bits per heavy atom. The quantitative estimate of drug-likeness (QED) is 0.241. The first kappa shape index (κ1) is 31.2. The third kappa shape index (κ3) is 6.59. The largest absolute Gasteiger partial charge is 0.474 e. The van der Waals surface area contributed by atoms with Gasteiger partial charge in [0.05, 0.1) is 11.1 Å². The summed E-state index contributed by atoms with van der Waals surface area (Å²) in [5.41, 5.74) is 5.62. The second-order valence-electron chi connectivity index (χ2n) is 14.3. The van der Waals surface area contributed by atoms with Crippen LogP contribution in [0.2, 0.25) is 0 Å². The third-order valence-corrected chi connectivity index (χ3v) is 9.85. The number of pyridine rings is 1. The highest BCUT2D eigenvalue weighted by atomic mass is 16.6. The van der Waals surface area contributed by atoms with Crippen LogP contribution in [0.5, 0.6) is 5.88 Å². The summed E-state index contributed by atoms with van der Waals surface area (Å²) in [4.78, 5) is 32.4. The fraction of sp³-hybridized carbons (Fsp3) is 0.447. The van der Waals surface area contributed by atoms with Crippen molar-refractivity contribution in [1.29, 1.82) is 0 Å². The molecule has 9 nitrogen and oxygen atoms in total. The van der Waals surface area contributed by atoms with E-state index in [-0.39, 0.29) is 11.7 Å². The van der Waals surface area contributed by atoms with Gasteiger partial charge in [0.2, 0.25) is 5.88 Å². The van der Waals surface area contributed by atoms with Crippen molar-refractivity contribution in [3.63, 3.8) is 0 Å². The maximum Gasteiger partial charge on any atom is 0.410 e. The van der Waals surface area contributed by atoms with Crippen LogP contribution in [-0.4, -0.2) is 68.0 Å². The summed E-state index contributed by atoms with van der Waals surface area (Å²) in [5, 5.41) is 6.02. The van der Waals surface area contributed by atoms with Gasteiger partial charge in [-0.3, -0.25) is 19.4 Å². The minimum atomic E-state index is -0.464. The molecule has 0 aliphatic carbocycles. The maximum absolute atomic E-state index is 12.6. The van der Waals surface area contributed by atoms with Gasteiger partial charge in [-0.1, -0.05) is 54.6 Å². The highest BCUT2D eigenvalue weighted by molar-refractivity contribution is 6.00. The van der Waals surface area contributed by atoms with Gasteiger partial charge in [0, 0.05) is 55.8 Å². The summed E-state index contributed by atoms with van der Waals surface area (Å²) in [5.74, 6) is 1.01. The molecule has 0 saturated carbocycles. The Morgan fingerprint density at radius 1 is 0.957 bits per heavy atom. The lowest BCUT2D eigenvalue weighted by atomic mass is 9.90. The molecule has 1 N–H and O–H groups in total. The molecular weight excluding hydrogens is 590 g/mol. The van der Waals surface area contributed by atoms with Crippen LogP contribution < -0.4 is 10.3 Å². The van der Waals surface area contributed by atoms with Gasteiger partial charge in [-0.25, -0.2) is 4.79 Å². The Morgan fingerprint density at radius 3 is 2.49 bits per heavy atom. The Bertz CT molecular complexity index is 1850. The van der Waals surface area contributed by atoms with Gasteiger partial charge in [0.1, 0.15) is 17.9 Å². The van der Waals surface area contributed by atoms with E-state index >= 15 is 0 Å². The van der Waals surface area contributed by atoms with E-state index in [1.54, 1.807) is 0 Å². The average Bonchev–Trinajstić information content (AvgIpc) is 3.49. The van der Waals surface area contributed by atoms with Crippen molar-refractivity contribution in [2.45, 2.75) is 77.2 Å². The first-order valence-electron chi connectivity index (χ1n) is 16.9. The Kier molecular flexibility index (Phi) is 8.43. The van der Waals surface area contributed by atoms with Crippen molar-refractivity contribution in [3.8, 4) is 17.1 Å². The standard InChI is InChI=1S/C38H45N5O4/c1-38(2,3)47-37(45)42-19-17-25(18-20-42)23-43-28-13-14-29(43)22-27(21-28)30-11-8-12-31-34(40-41(4)35(30)31)32-15-16-33(44)39-36(32)46-24-26-9-6-5-7-10-26/h5-12,15-16,21,25,28-29H,13-14,17-20,22-24H2,1-4H3,(H,39,44)/t28-,29+/m0/s1. The lowest BCUT2D eigenvalue weighted by Crippen LogP contribution is -2.46. The average molecular weight is 636 g/mol. The number of hydrogen-bond donors (Lipinski definition) is 1. The number of aromatic nitrogens is 3. The van der Waals surface area contributed by atoms with E-state index < -0.39 is 5.60 Å². The molecule has 3 aliphatic rings. The summed E-state index contributed by atoms with van der Waals surface area (Å²) >= 11 is 0. The van der Waals surface area contributed by atoms with Gasteiger partial charge in [-0.15, -0.1) is 0 Å². The second-order valence-corrected chi connectivity index (χ2v) is 14.3. The number of aromatic amines is 1. The number of carbonyl (C=O) groups is 1. The monoisotopic (exact) mass is 635 g/mol. The highest BCUT2D eigenvalue weighted by Gasteiger charge is 2.39. The van der Waals surface area contributed by atoms with Gasteiger partial charge in [0.15, 0.2) is 0 Å². The summed E-state index contributed by atoms with van der Waals surface area (Å²) < 4.78 is 13.7. The van der Waals surface area contributed by atoms with E-state index in [1.807, 2.05) is 73.8 Å². The summed E-state index contributed by atoms with van der Waals surface area (Å²) in [6.07, 6.45) is 7.73. The predicted octanol–water partition coefficient (Wildman–Crippen LogP) is 6.77. The highest BCUT2D eigenvalue weighted by Crippen LogP contribution is 2.43. The number of para-hydroxylation sites is 1. The number of H-pyrrole nitrogens is 1. The van der Waals surface area contributed by atoms with E-state index in [0.29, 0.717) is 30.5 Å². The molecule has 2 aromatic heterocycles. The van der Waals surface area contributed by atoms with Crippen molar-refractivity contribution < 1.29 is 14.3 Å². The van der Waals surface area contributed by atoms with Gasteiger partial charge in [-0.2, -0.15) is 5.10 Å². The predicted molar refractivity (Wildman–Crippen MR) is 184 cm³/mol. The molecule has 2 aromatic carbocycles. The van der Waals surface area contributed by atoms with Gasteiger partial charge in [-0.05, 0) is 76.0 Å².